The van der Waals surface area contributed by atoms with E-state index in [0.29, 0.717) is 21.5 Å². The van der Waals surface area contributed by atoms with Gasteiger partial charge in [-0.25, -0.2) is 0 Å². The van der Waals surface area contributed by atoms with Gasteiger partial charge in [0.25, 0.3) is 0 Å². The van der Waals surface area contributed by atoms with Gasteiger partial charge in [-0.15, -0.1) is 0 Å². The lowest BCUT2D eigenvalue weighted by Gasteiger charge is -2.18. The van der Waals surface area contributed by atoms with Gasteiger partial charge >= 0.3 is 0 Å². The van der Waals surface area contributed by atoms with Crippen molar-refractivity contribution in [2.75, 3.05) is 19.5 Å². The maximum atomic E-state index is 6.19. The third-order valence-electron chi connectivity index (χ3n) is 3.23. The number of benzene rings is 2. The van der Waals surface area contributed by atoms with E-state index in [1.807, 2.05) is 37.3 Å². The minimum atomic E-state index is 0.0424. The summed E-state index contributed by atoms with van der Waals surface area (Å²) in [6.45, 7) is 2.04. The lowest BCUT2D eigenvalue weighted by molar-refractivity contribution is 0.354. The number of anilines is 1. The minimum absolute atomic E-state index is 0.0424. The van der Waals surface area contributed by atoms with Gasteiger partial charge in [-0.3, -0.25) is 0 Å². The highest BCUT2D eigenvalue weighted by molar-refractivity contribution is 6.43. The SMILES string of the molecule is COc1ccc(C(C)Nc2cccc(Cl)c2Cl)cc1OC. The molecule has 0 heterocycles. The van der Waals surface area contributed by atoms with Crippen LogP contribution in [0, 0.1) is 0 Å². The Morgan fingerprint density at radius 3 is 2.38 bits per heavy atom. The van der Waals surface area contributed by atoms with Gasteiger partial charge in [0.15, 0.2) is 11.5 Å². The molecule has 2 aromatic rings. The molecule has 0 radical (unpaired) electrons. The molecule has 0 saturated heterocycles. The van der Waals surface area contributed by atoms with E-state index in [0.717, 1.165) is 11.3 Å². The van der Waals surface area contributed by atoms with Gasteiger partial charge in [-0.1, -0.05) is 35.3 Å². The zero-order chi connectivity index (χ0) is 15.4. The number of halogens is 2. The molecule has 2 rings (SSSR count). The van der Waals surface area contributed by atoms with Gasteiger partial charge in [-0.05, 0) is 36.8 Å². The number of nitrogens with one attached hydrogen (secondary N) is 1. The van der Waals surface area contributed by atoms with E-state index in [9.17, 15) is 0 Å². The average Bonchev–Trinajstić information content (AvgIpc) is 2.51. The van der Waals surface area contributed by atoms with E-state index in [2.05, 4.69) is 5.32 Å². The molecule has 0 saturated carbocycles. The molecule has 5 heteroatoms. The summed E-state index contributed by atoms with van der Waals surface area (Å²) in [6, 6.07) is 11.4. The van der Waals surface area contributed by atoms with Crippen LogP contribution in [-0.2, 0) is 0 Å². The summed E-state index contributed by atoms with van der Waals surface area (Å²) in [6.07, 6.45) is 0. The van der Waals surface area contributed by atoms with Gasteiger partial charge in [0.05, 0.1) is 30.0 Å². The van der Waals surface area contributed by atoms with E-state index in [1.165, 1.54) is 0 Å². The van der Waals surface area contributed by atoms with Crippen molar-refractivity contribution in [1.29, 1.82) is 0 Å². The van der Waals surface area contributed by atoms with Crippen molar-refractivity contribution in [2.45, 2.75) is 13.0 Å². The van der Waals surface area contributed by atoms with Crippen LogP contribution in [0.15, 0.2) is 36.4 Å². The minimum Gasteiger partial charge on any atom is -0.493 e. The molecule has 1 N–H and O–H groups in total. The molecular formula is C16H17Cl2NO2. The average molecular weight is 326 g/mol. The number of methoxy groups -OCH3 is 2. The van der Waals surface area contributed by atoms with Gasteiger partial charge in [0.1, 0.15) is 0 Å². The van der Waals surface area contributed by atoms with Crippen LogP contribution in [0.5, 0.6) is 11.5 Å². The van der Waals surface area contributed by atoms with Crippen LogP contribution in [0.4, 0.5) is 5.69 Å². The van der Waals surface area contributed by atoms with Crippen molar-refractivity contribution in [3.63, 3.8) is 0 Å². The number of rotatable bonds is 5. The quantitative estimate of drug-likeness (QED) is 0.821. The Hall–Kier alpha value is -1.58. The Kier molecular flexibility index (Phi) is 5.21. The Labute approximate surface area is 134 Å². The van der Waals surface area contributed by atoms with Crippen LogP contribution in [-0.4, -0.2) is 14.2 Å². The van der Waals surface area contributed by atoms with Crippen LogP contribution < -0.4 is 14.8 Å². The second-order valence-corrected chi connectivity index (χ2v) is 5.37. The van der Waals surface area contributed by atoms with E-state index in [4.69, 9.17) is 32.7 Å². The zero-order valence-corrected chi connectivity index (χ0v) is 13.6. The summed E-state index contributed by atoms with van der Waals surface area (Å²) in [5, 5.41) is 4.39. The molecule has 2 aromatic carbocycles. The second kappa shape index (κ2) is 6.92. The zero-order valence-electron chi connectivity index (χ0n) is 12.1. The molecule has 1 atom stereocenters. The highest BCUT2D eigenvalue weighted by atomic mass is 35.5. The summed E-state index contributed by atoms with van der Waals surface area (Å²) in [7, 11) is 3.23. The lowest BCUT2D eigenvalue weighted by Crippen LogP contribution is -2.07. The van der Waals surface area contributed by atoms with Crippen molar-refractivity contribution in [3.05, 3.63) is 52.0 Å². The lowest BCUT2D eigenvalue weighted by atomic mass is 10.1. The standard InChI is InChI=1S/C16H17Cl2NO2/c1-10(19-13-6-4-5-12(17)16(13)18)11-7-8-14(20-2)15(9-11)21-3/h4-10,19H,1-3H3. The van der Waals surface area contributed by atoms with Crippen LogP contribution in [0.2, 0.25) is 10.0 Å². The Balaban J connectivity index is 2.24. The van der Waals surface area contributed by atoms with Crippen molar-refractivity contribution < 1.29 is 9.47 Å². The maximum absolute atomic E-state index is 6.19. The first kappa shape index (κ1) is 15.8. The fraction of sp³-hybridized carbons (Fsp3) is 0.250. The van der Waals surface area contributed by atoms with Gasteiger partial charge in [0, 0.05) is 6.04 Å². The highest BCUT2D eigenvalue weighted by Gasteiger charge is 2.12. The highest BCUT2D eigenvalue weighted by Crippen LogP contribution is 2.34. The van der Waals surface area contributed by atoms with Crippen LogP contribution in [0.1, 0.15) is 18.5 Å². The Bertz CT molecular complexity index is 632. The molecule has 0 bridgehead atoms. The predicted molar refractivity (Wildman–Crippen MR) is 88.0 cm³/mol. The topological polar surface area (TPSA) is 30.5 Å². The van der Waals surface area contributed by atoms with Crippen molar-refractivity contribution in [1.82, 2.24) is 0 Å². The van der Waals surface area contributed by atoms with Gasteiger partial charge in [0.2, 0.25) is 0 Å². The van der Waals surface area contributed by atoms with E-state index >= 15 is 0 Å². The molecule has 1 unspecified atom stereocenters. The molecule has 112 valence electrons. The molecule has 0 fully saturated rings. The smallest absolute Gasteiger partial charge is 0.161 e. The first-order valence-electron chi connectivity index (χ1n) is 6.49. The summed E-state index contributed by atoms with van der Waals surface area (Å²) in [5.74, 6) is 1.40. The molecule has 3 nitrogen and oxygen atoms in total. The molecule has 0 aliphatic heterocycles. The van der Waals surface area contributed by atoms with Crippen molar-refractivity contribution >= 4 is 28.9 Å². The predicted octanol–water partition coefficient (Wildman–Crippen LogP) is 5.18. The third-order valence-corrected chi connectivity index (χ3v) is 4.05. The first-order valence-corrected chi connectivity index (χ1v) is 7.25. The molecule has 0 aromatic heterocycles. The van der Waals surface area contributed by atoms with E-state index < -0.39 is 0 Å². The summed E-state index contributed by atoms with van der Waals surface area (Å²) in [5.41, 5.74) is 1.86. The third kappa shape index (κ3) is 3.55. The molecule has 0 amide bonds. The fourth-order valence-electron chi connectivity index (χ4n) is 2.05. The number of hydrogen-bond acceptors (Lipinski definition) is 3. The number of ether oxygens (including phenoxy) is 2. The van der Waals surface area contributed by atoms with Crippen molar-refractivity contribution in [2.24, 2.45) is 0 Å². The first-order chi connectivity index (χ1) is 10.1. The number of hydrogen-bond donors (Lipinski definition) is 1. The summed E-state index contributed by atoms with van der Waals surface area (Å²) >= 11 is 12.2. The Morgan fingerprint density at radius 1 is 1.00 bits per heavy atom. The van der Waals surface area contributed by atoms with Crippen LogP contribution >= 0.6 is 23.2 Å². The normalized spacial score (nSPS) is 11.9. The fourth-order valence-corrected chi connectivity index (χ4v) is 2.41. The second-order valence-electron chi connectivity index (χ2n) is 4.58. The van der Waals surface area contributed by atoms with Crippen molar-refractivity contribution in [3.8, 4) is 11.5 Å². The molecule has 0 aliphatic carbocycles. The summed E-state index contributed by atoms with van der Waals surface area (Å²) in [4.78, 5) is 0. The monoisotopic (exact) mass is 325 g/mol. The molecule has 0 spiro atoms. The van der Waals surface area contributed by atoms with E-state index in [-0.39, 0.29) is 6.04 Å². The van der Waals surface area contributed by atoms with Crippen LogP contribution in [0.25, 0.3) is 0 Å². The molecule has 21 heavy (non-hydrogen) atoms. The molecule has 0 aliphatic rings. The van der Waals surface area contributed by atoms with Gasteiger partial charge in [-0.2, -0.15) is 0 Å². The Morgan fingerprint density at radius 2 is 1.71 bits per heavy atom. The summed E-state index contributed by atoms with van der Waals surface area (Å²) < 4.78 is 10.6. The molecular weight excluding hydrogens is 309 g/mol. The maximum Gasteiger partial charge on any atom is 0.161 e. The van der Waals surface area contributed by atoms with Gasteiger partial charge < -0.3 is 14.8 Å². The largest absolute Gasteiger partial charge is 0.493 e. The van der Waals surface area contributed by atoms with E-state index in [1.54, 1.807) is 20.3 Å². The van der Waals surface area contributed by atoms with Crippen LogP contribution in [0.3, 0.4) is 0 Å².